The molecule has 0 N–H and O–H groups in total. The van der Waals surface area contributed by atoms with Gasteiger partial charge in [0.1, 0.15) is 5.69 Å². The molecule has 32 heavy (non-hydrogen) atoms. The second-order valence-electron chi connectivity index (χ2n) is 7.23. The standard InChI is InChI=1S/C22H19ClF3N3O3/c1-31-21(30)18-19(14-5-7-16(23)8-6-14)27-32-20(18)29-11-9-28(10-12-29)17-4-2-3-15(13-17)22(24,25)26/h2-8,13H,9-12H2,1H3. The monoisotopic (exact) mass is 465 g/mol. The number of hydrogen-bond acceptors (Lipinski definition) is 6. The first-order chi connectivity index (χ1) is 15.3. The third-order valence-corrected chi connectivity index (χ3v) is 5.54. The molecule has 0 radical (unpaired) electrons. The minimum Gasteiger partial charge on any atom is -0.465 e. The van der Waals surface area contributed by atoms with E-state index in [0.717, 1.165) is 12.1 Å². The zero-order valence-corrected chi connectivity index (χ0v) is 17.8. The number of anilines is 2. The van der Waals surface area contributed by atoms with E-state index >= 15 is 0 Å². The molecular formula is C22H19ClF3N3O3. The number of methoxy groups -OCH3 is 1. The van der Waals surface area contributed by atoms with Crippen molar-refractivity contribution in [3.63, 3.8) is 0 Å². The first kappa shape index (κ1) is 22.0. The van der Waals surface area contributed by atoms with Crippen LogP contribution < -0.4 is 9.80 Å². The summed E-state index contributed by atoms with van der Waals surface area (Å²) in [5.41, 5.74) is 0.985. The van der Waals surface area contributed by atoms with Crippen LogP contribution in [0.4, 0.5) is 24.7 Å². The maximum Gasteiger partial charge on any atom is 0.416 e. The van der Waals surface area contributed by atoms with Crippen molar-refractivity contribution in [1.82, 2.24) is 5.16 Å². The second-order valence-corrected chi connectivity index (χ2v) is 7.67. The van der Waals surface area contributed by atoms with Gasteiger partial charge in [-0.05, 0) is 30.3 Å². The molecule has 1 saturated heterocycles. The highest BCUT2D eigenvalue weighted by Gasteiger charge is 2.33. The van der Waals surface area contributed by atoms with Gasteiger partial charge in [0.15, 0.2) is 5.56 Å². The molecule has 0 spiro atoms. The van der Waals surface area contributed by atoms with Crippen molar-refractivity contribution in [2.75, 3.05) is 43.1 Å². The number of piperazine rings is 1. The molecule has 0 saturated carbocycles. The third kappa shape index (κ3) is 4.38. The number of alkyl halides is 3. The van der Waals surface area contributed by atoms with Gasteiger partial charge in [-0.15, -0.1) is 0 Å². The van der Waals surface area contributed by atoms with Crippen molar-refractivity contribution in [1.29, 1.82) is 0 Å². The minimum atomic E-state index is -4.40. The Labute approximate surface area is 187 Å². The normalized spacial score (nSPS) is 14.5. The predicted octanol–water partition coefficient (Wildman–Crippen LogP) is 5.13. The van der Waals surface area contributed by atoms with Gasteiger partial charge in [0.2, 0.25) is 5.88 Å². The summed E-state index contributed by atoms with van der Waals surface area (Å²) in [5.74, 6) is -0.322. The van der Waals surface area contributed by atoms with Crippen LogP contribution in [0.3, 0.4) is 0 Å². The largest absolute Gasteiger partial charge is 0.465 e. The van der Waals surface area contributed by atoms with Crippen LogP contribution >= 0.6 is 11.6 Å². The molecule has 1 aliphatic heterocycles. The van der Waals surface area contributed by atoms with Crippen molar-refractivity contribution < 1.29 is 27.2 Å². The van der Waals surface area contributed by atoms with Gasteiger partial charge in [0.25, 0.3) is 0 Å². The van der Waals surface area contributed by atoms with Crippen molar-refractivity contribution >= 4 is 29.1 Å². The predicted molar refractivity (Wildman–Crippen MR) is 114 cm³/mol. The molecule has 10 heteroatoms. The Kier molecular flexibility index (Phi) is 6.01. The highest BCUT2D eigenvalue weighted by molar-refractivity contribution is 6.30. The topological polar surface area (TPSA) is 58.8 Å². The van der Waals surface area contributed by atoms with Gasteiger partial charge in [0, 0.05) is 42.5 Å². The molecule has 3 aromatic rings. The van der Waals surface area contributed by atoms with Crippen molar-refractivity contribution in [2.45, 2.75) is 6.18 Å². The third-order valence-electron chi connectivity index (χ3n) is 5.29. The Balaban J connectivity index is 1.56. The summed E-state index contributed by atoms with van der Waals surface area (Å²) in [6.07, 6.45) is -4.40. The Bertz CT molecular complexity index is 1110. The lowest BCUT2D eigenvalue weighted by Gasteiger charge is -2.36. The molecule has 168 valence electrons. The van der Waals surface area contributed by atoms with E-state index in [1.807, 2.05) is 9.80 Å². The molecule has 0 bridgehead atoms. The lowest BCUT2D eigenvalue weighted by atomic mass is 10.1. The van der Waals surface area contributed by atoms with Gasteiger partial charge >= 0.3 is 12.1 Å². The van der Waals surface area contributed by atoms with Gasteiger partial charge in [-0.1, -0.05) is 35.0 Å². The summed E-state index contributed by atoms with van der Waals surface area (Å²) in [6.45, 7) is 1.74. The van der Waals surface area contributed by atoms with Gasteiger partial charge in [0.05, 0.1) is 12.7 Å². The SMILES string of the molecule is COC(=O)c1c(-c2ccc(Cl)cc2)noc1N1CCN(c2cccc(C(F)(F)F)c2)CC1. The van der Waals surface area contributed by atoms with Crippen LogP contribution in [0.5, 0.6) is 0 Å². The number of rotatable bonds is 4. The fourth-order valence-corrected chi connectivity index (χ4v) is 3.76. The fraction of sp³-hybridized carbons (Fsp3) is 0.273. The maximum atomic E-state index is 13.0. The summed E-state index contributed by atoms with van der Waals surface area (Å²) in [4.78, 5) is 16.2. The molecule has 1 aliphatic rings. The molecule has 2 aromatic carbocycles. The summed E-state index contributed by atoms with van der Waals surface area (Å²) in [5, 5.41) is 4.62. The zero-order valence-electron chi connectivity index (χ0n) is 17.0. The number of carbonyl (C=O) groups is 1. The number of carbonyl (C=O) groups excluding carboxylic acids is 1. The van der Waals surface area contributed by atoms with E-state index in [4.69, 9.17) is 20.9 Å². The molecule has 1 fully saturated rings. The van der Waals surface area contributed by atoms with E-state index in [1.165, 1.54) is 13.2 Å². The van der Waals surface area contributed by atoms with Gasteiger partial charge in [-0.2, -0.15) is 13.2 Å². The molecular weight excluding hydrogens is 447 g/mol. The average Bonchev–Trinajstić information content (AvgIpc) is 3.24. The van der Waals surface area contributed by atoms with Crippen LogP contribution in [0.2, 0.25) is 5.02 Å². The Hall–Kier alpha value is -3.20. The van der Waals surface area contributed by atoms with Crippen LogP contribution in [0, 0.1) is 0 Å². The maximum absolute atomic E-state index is 13.0. The van der Waals surface area contributed by atoms with Gasteiger partial charge in [-0.3, -0.25) is 0 Å². The Morgan fingerprint density at radius 2 is 1.72 bits per heavy atom. The van der Waals surface area contributed by atoms with E-state index < -0.39 is 17.7 Å². The Morgan fingerprint density at radius 1 is 1.06 bits per heavy atom. The molecule has 0 amide bonds. The summed E-state index contributed by atoms with van der Waals surface area (Å²) in [6, 6.07) is 12.1. The molecule has 4 rings (SSSR count). The van der Waals surface area contributed by atoms with Gasteiger partial charge in [-0.25, -0.2) is 4.79 Å². The zero-order chi connectivity index (χ0) is 22.9. The second kappa shape index (κ2) is 8.74. The van der Waals surface area contributed by atoms with Crippen LogP contribution in [-0.2, 0) is 10.9 Å². The number of halogens is 4. The molecule has 0 unspecified atom stereocenters. The summed E-state index contributed by atoms with van der Waals surface area (Å²) >= 11 is 5.94. The van der Waals surface area contributed by atoms with Crippen LogP contribution in [-0.4, -0.2) is 44.4 Å². The number of ether oxygens (including phenoxy) is 1. The lowest BCUT2D eigenvalue weighted by Crippen LogP contribution is -2.46. The van der Waals surface area contributed by atoms with Crippen molar-refractivity contribution in [3.05, 3.63) is 64.7 Å². The first-order valence-electron chi connectivity index (χ1n) is 9.79. The first-order valence-corrected chi connectivity index (χ1v) is 10.2. The Morgan fingerprint density at radius 3 is 2.34 bits per heavy atom. The van der Waals surface area contributed by atoms with E-state index in [9.17, 15) is 18.0 Å². The van der Waals surface area contributed by atoms with E-state index in [0.29, 0.717) is 48.1 Å². The number of esters is 1. The van der Waals surface area contributed by atoms with E-state index in [-0.39, 0.29) is 11.4 Å². The van der Waals surface area contributed by atoms with Crippen molar-refractivity contribution in [2.24, 2.45) is 0 Å². The summed E-state index contributed by atoms with van der Waals surface area (Å²) in [7, 11) is 1.27. The lowest BCUT2D eigenvalue weighted by molar-refractivity contribution is -0.137. The highest BCUT2D eigenvalue weighted by Crippen LogP contribution is 2.35. The highest BCUT2D eigenvalue weighted by atomic mass is 35.5. The van der Waals surface area contributed by atoms with Crippen LogP contribution in [0.15, 0.2) is 53.1 Å². The number of hydrogen-bond donors (Lipinski definition) is 0. The average molecular weight is 466 g/mol. The molecule has 1 aromatic heterocycles. The molecule has 0 aliphatic carbocycles. The van der Waals surface area contributed by atoms with E-state index in [1.54, 1.807) is 30.3 Å². The van der Waals surface area contributed by atoms with E-state index in [2.05, 4.69) is 5.16 Å². The quantitative estimate of drug-likeness (QED) is 0.498. The molecule has 0 atom stereocenters. The van der Waals surface area contributed by atoms with Crippen LogP contribution in [0.25, 0.3) is 11.3 Å². The fourth-order valence-electron chi connectivity index (χ4n) is 3.63. The summed E-state index contributed by atoms with van der Waals surface area (Å²) < 4.78 is 49.6. The number of aromatic nitrogens is 1. The smallest absolute Gasteiger partial charge is 0.416 e. The van der Waals surface area contributed by atoms with Crippen LogP contribution in [0.1, 0.15) is 15.9 Å². The van der Waals surface area contributed by atoms with Crippen molar-refractivity contribution in [3.8, 4) is 11.3 Å². The molecule has 2 heterocycles. The number of benzene rings is 2. The number of nitrogens with zero attached hydrogens (tertiary/aromatic N) is 3. The van der Waals surface area contributed by atoms with Gasteiger partial charge < -0.3 is 19.1 Å². The molecule has 6 nitrogen and oxygen atoms in total. The minimum absolute atomic E-state index is 0.197.